The van der Waals surface area contributed by atoms with Crippen molar-refractivity contribution in [1.82, 2.24) is 4.72 Å². The van der Waals surface area contributed by atoms with Crippen molar-refractivity contribution in [2.24, 2.45) is 5.41 Å². The standard InChI is InChI=1S/C18H37NO3S/c1-6-8-9-10-11-12-13-14-15-23(21)19-16(18(3,4)5)17(20)22-7-2/h16,19H,6-15H2,1-5H3/t16-,23-/m1/s1. The quantitative estimate of drug-likeness (QED) is 0.398. The molecule has 0 aliphatic carbocycles. The summed E-state index contributed by atoms with van der Waals surface area (Å²) in [6.45, 7) is 10.2. The fourth-order valence-corrected chi connectivity index (χ4v) is 3.66. The summed E-state index contributed by atoms with van der Waals surface area (Å²) in [5.41, 5.74) is -0.318. The minimum atomic E-state index is -1.18. The molecule has 0 fully saturated rings. The van der Waals surface area contributed by atoms with Gasteiger partial charge in [-0.05, 0) is 18.8 Å². The molecule has 0 aromatic heterocycles. The highest BCUT2D eigenvalue weighted by molar-refractivity contribution is 7.83. The molecule has 0 aromatic carbocycles. The number of rotatable bonds is 13. The van der Waals surface area contributed by atoms with Crippen molar-refractivity contribution in [3.8, 4) is 0 Å². The maximum absolute atomic E-state index is 12.2. The highest BCUT2D eigenvalue weighted by Crippen LogP contribution is 2.21. The number of hydrogen-bond donors (Lipinski definition) is 1. The Bertz CT molecular complexity index is 340. The SMILES string of the molecule is CCCCCCCCCC[S@@](=O)N[C@H](C(=O)OCC)C(C)(C)C. The average molecular weight is 348 g/mol. The molecule has 0 aliphatic heterocycles. The number of ether oxygens (including phenoxy) is 1. The van der Waals surface area contributed by atoms with E-state index < -0.39 is 17.0 Å². The molecule has 0 radical (unpaired) electrons. The lowest BCUT2D eigenvalue weighted by atomic mass is 9.87. The van der Waals surface area contributed by atoms with Crippen molar-refractivity contribution in [3.63, 3.8) is 0 Å². The van der Waals surface area contributed by atoms with Gasteiger partial charge in [-0.1, -0.05) is 72.6 Å². The molecule has 0 heterocycles. The Kier molecular flexibility index (Phi) is 12.7. The first-order valence-electron chi connectivity index (χ1n) is 9.14. The zero-order valence-electron chi connectivity index (χ0n) is 15.8. The van der Waals surface area contributed by atoms with E-state index in [-0.39, 0.29) is 11.4 Å². The highest BCUT2D eigenvalue weighted by atomic mass is 32.2. The molecule has 0 bridgehead atoms. The summed E-state index contributed by atoms with van der Waals surface area (Å²) in [6, 6.07) is -0.530. The summed E-state index contributed by atoms with van der Waals surface area (Å²) >= 11 is 0. The number of esters is 1. The summed E-state index contributed by atoms with van der Waals surface area (Å²) in [7, 11) is -1.18. The van der Waals surface area contributed by atoms with Crippen LogP contribution >= 0.6 is 0 Å². The lowest BCUT2D eigenvalue weighted by Gasteiger charge is -2.28. The van der Waals surface area contributed by atoms with Crippen LogP contribution in [0.2, 0.25) is 0 Å². The predicted octanol–water partition coefficient (Wildman–Crippen LogP) is 4.36. The summed E-state index contributed by atoms with van der Waals surface area (Å²) in [6.07, 6.45) is 9.78. The fraction of sp³-hybridized carbons (Fsp3) is 0.944. The van der Waals surface area contributed by atoms with E-state index in [2.05, 4.69) is 11.6 Å². The second-order valence-electron chi connectivity index (χ2n) is 7.19. The van der Waals surface area contributed by atoms with E-state index in [0.29, 0.717) is 12.4 Å². The molecule has 0 saturated heterocycles. The van der Waals surface area contributed by atoms with Gasteiger partial charge in [0.25, 0.3) is 0 Å². The third kappa shape index (κ3) is 11.7. The largest absolute Gasteiger partial charge is 0.465 e. The lowest BCUT2D eigenvalue weighted by Crippen LogP contribution is -2.48. The van der Waals surface area contributed by atoms with Crippen LogP contribution in [0.25, 0.3) is 0 Å². The van der Waals surface area contributed by atoms with E-state index in [1.807, 2.05) is 20.8 Å². The maximum Gasteiger partial charge on any atom is 0.324 e. The van der Waals surface area contributed by atoms with Crippen LogP contribution in [0.4, 0.5) is 0 Å². The Morgan fingerprint density at radius 2 is 1.52 bits per heavy atom. The molecule has 23 heavy (non-hydrogen) atoms. The van der Waals surface area contributed by atoms with E-state index in [9.17, 15) is 9.00 Å². The summed E-state index contributed by atoms with van der Waals surface area (Å²) in [4.78, 5) is 12.0. The number of unbranched alkanes of at least 4 members (excludes halogenated alkanes) is 7. The van der Waals surface area contributed by atoms with E-state index in [4.69, 9.17) is 4.74 Å². The van der Waals surface area contributed by atoms with E-state index in [1.54, 1.807) is 6.92 Å². The van der Waals surface area contributed by atoms with Gasteiger partial charge < -0.3 is 4.74 Å². The molecule has 0 unspecified atom stereocenters. The first-order chi connectivity index (χ1) is 10.8. The van der Waals surface area contributed by atoms with Gasteiger partial charge in [0, 0.05) is 5.75 Å². The normalized spacial score (nSPS) is 14.5. The first kappa shape index (κ1) is 22.6. The van der Waals surface area contributed by atoms with Crippen LogP contribution < -0.4 is 4.72 Å². The topological polar surface area (TPSA) is 55.4 Å². The molecule has 2 atom stereocenters. The van der Waals surface area contributed by atoms with Gasteiger partial charge >= 0.3 is 5.97 Å². The van der Waals surface area contributed by atoms with Crippen molar-refractivity contribution in [1.29, 1.82) is 0 Å². The Morgan fingerprint density at radius 1 is 1.00 bits per heavy atom. The van der Waals surface area contributed by atoms with Gasteiger partial charge in [0.05, 0.1) is 17.6 Å². The molecule has 0 saturated carbocycles. The second kappa shape index (κ2) is 12.9. The van der Waals surface area contributed by atoms with Gasteiger partial charge in [0.15, 0.2) is 0 Å². The van der Waals surface area contributed by atoms with Gasteiger partial charge in [-0.2, -0.15) is 0 Å². The molecule has 0 aromatic rings. The molecular formula is C18H37NO3S. The number of carbonyl (C=O) groups excluding carboxylic acids is 1. The van der Waals surface area contributed by atoms with E-state index in [0.717, 1.165) is 12.8 Å². The third-order valence-electron chi connectivity index (χ3n) is 3.82. The maximum atomic E-state index is 12.2. The van der Waals surface area contributed by atoms with Crippen molar-refractivity contribution >= 4 is 17.0 Å². The van der Waals surface area contributed by atoms with Crippen LogP contribution in [-0.2, 0) is 20.5 Å². The van der Waals surface area contributed by atoms with Crippen LogP contribution in [0, 0.1) is 5.41 Å². The zero-order chi connectivity index (χ0) is 17.7. The van der Waals surface area contributed by atoms with E-state index >= 15 is 0 Å². The van der Waals surface area contributed by atoms with Crippen molar-refractivity contribution in [2.75, 3.05) is 12.4 Å². The Hall–Kier alpha value is -0.420. The number of nitrogens with one attached hydrogen (secondary N) is 1. The molecule has 0 spiro atoms. The molecule has 4 nitrogen and oxygen atoms in total. The van der Waals surface area contributed by atoms with Gasteiger partial charge in [-0.25, -0.2) is 8.93 Å². The third-order valence-corrected chi connectivity index (χ3v) is 4.98. The zero-order valence-corrected chi connectivity index (χ0v) is 16.6. The van der Waals surface area contributed by atoms with Crippen molar-refractivity contribution in [3.05, 3.63) is 0 Å². The fourth-order valence-electron chi connectivity index (χ4n) is 2.36. The van der Waals surface area contributed by atoms with E-state index in [1.165, 1.54) is 38.5 Å². The van der Waals surface area contributed by atoms with Gasteiger partial charge in [-0.15, -0.1) is 0 Å². The van der Waals surface area contributed by atoms with Crippen LogP contribution in [0.1, 0.15) is 86.0 Å². The highest BCUT2D eigenvalue weighted by Gasteiger charge is 2.33. The molecule has 0 amide bonds. The minimum absolute atomic E-state index is 0.315. The smallest absolute Gasteiger partial charge is 0.324 e. The van der Waals surface area contributed by atoms with Gasteiger partial charge in [0.1, 0.15) is 6.04 Å². The van der Waals surface area contributed by atoms with Crippen LogP contribution in [0.15, 0.2) is 0 Å². The van der Waals surface area contributed by atoms with Crippen molar-refractivity contribution < 1.29 is 13.7 Å². The Morgan fingerprint density at radius 3 is 2.00 bits per heavy atom. The summed E-state index contributed by atoms with van der Waals surface area (Å²) < 4.78 is 20.2. The predicted molar refractivity (Wildman–Crippen MR) is 98.6 cm³/mol. The minimum Gasteiger partial charge on any atom is -0.465 e. The Labute approximate surface area is 145 Å². The van der Waals surface area contributed by atoms with Gasteiger partial charge in [0.2, 0.25) is 0 Å². The van der Waals surface area contributed by atoms with Crippen LogP contribution in [0.3, 0.4) is 0 Å². The monoisotopic (exact) mass is 347 g/mol. The average Bonchev–Trinajstić information content (AvgIpc) is 2.46. The molecule has 1 N–H and O–H groups in total. The lowest BCUT2D eigenvalue weighted by molar-refractivity contribution is -0.147. The first-order valence-corrected chi connectivity index (χ1v) is 10.5. The molecule has 138 valence electrons. The Balaban J connectivity index is 3.98. The summed E-state index contributed by atoms with van der Waals surface area (Å²) in [5.74, 6) is 0.283. The van der Waals surface area contributed by atoms with Crippen LogP contribution in [0.5, 0.6) is 0 Å². The van der Waals surface area contributed by atoms with Gasteiger partial charge in [-0.3, -0.25) is 4.79 Å². The second-order valence-corrected chi connectivity index (χ2v) is 8.53. The molecule has 5 heteroatoms. The molecular weight excluding hydrogens is 310 g/mol. The van der Waals surface area contributed by atoms with Crippen molar-refractivity contribution in [2.45, 2.75) is 92.0 Å². The van der Waals surface area contributed by atoms with Crippen LogP contribution in [-0.4, -0.2) is 28.6 Å². The summed E-state index contributed by atoms with van der Waals surface area (Å²) in [5, 5.41) is 0. The molecule has 0 aliphatic rings. The molecule has 0 rings (SSSR count). The number of hydrogen-bond acceptors (Lipinski definition) is 3. The number of carbonyl (C=O) groups is 1.